The molecule has 2 rings (SSSR count). The molecule has 0 radical (unpaired) electrons. The fourth-order valence-electron chi connectivity index (χ4n) is 1.74. The molecule has 0 aliphatic carbocycles. The van der Waals surface area contributed by atoms with Crippen molar-refractivity contribution < 1.29 is 9.94 Å². The Morgan fingerprint density at radius 1 is 1.40 bits per heavy atom. The molecular formula is C12H15NO2. The molecule has 80 valence electrons. The van der Waals surface area contributed by atoms with Crippen molar-refractivity contribution >= 4 is 5.71 Å². The van der Waals surface area contributed by atoms with Crippen molar-refractivity contribution in [2.75, 3.05) is 0 Å². The second-order valence-corrected chi connectivity index (χ2v) is 3.77. The third-order valence-corrected chi connectivity index (χ3v) is 2.76. The molecule has 1 heterocycles. The van der Waals surface area contributed by atoms with Crippen LogP contribution in [0.1, 0.15) is 25.3 Å². The second-order valence-electron chi connectivity index (χ2n) is 3.77. The minimum Gasteiger partial charge on any atom is -0.363 e. The van der Waals surface area contributed by atoms with Crippen LogP contribution in [0.4, 0.5) is 0 Å². The summed E-state index contributed by atoms with van der Waals surface area (Å²) in [6.07, 6.45) is 0.928. The van der Waals surface area contributed by atoms with Gasteiger partial charge in [0.2, 0.25) is 6.29 Å². The first kappa shape index (κ1) is 10.2. The lowest BCUT2D eigenvalue weighted by Gasteiger charge is -2.25. The Bertz CT molecular complexity index is 348. The van der Waals surface area contributed by atoms with Crippen LogP contribution >= 0.6 is 0 Å². The summed E-state index contributed by atoms with van der Waals surface area (Å²) in [4.78, 5) is 4.99. The van der Waals surface area contributed by atoms with Gasteiger partial charge in [0, 0.05) is 12.3 Å². The highest BCUT2D eigenvalue weighted by Gasteiger charge is 2.26. The van der Waals surface area contributed by atoms with Crippen LogP contribution in [-0.2, 0) is 4.84 Å². The summed E-state index contributed by atoms with van der Waals surface area (Å²) in [5, 5.41) is 13.4. The van der Waals surface area contributed by atoms with Crippen molar-refractivity contribution in [1.29, 1.82) is 0 Å². The van der Waals surface area contributed by atoms with Crippen molar-refractivity contribution in [1.82, 2.24) is 0 Å². The molecule has 2 atom stereocenters. The Morgan fingerprint density at radius 2 is 2.13 bits per heavy atom. The first-order valence-electron chi connectivity index (χ1n) is 5.27. The molecule has 1 aliphatic rings. The maximum Gasteiger partial charge on any atom is 0.227 e. The molecule has 0 spiro atoms. The lowest BCUT2D eigenvalue weighted by Crippen LogP contribution is -2.29. The lowest BCUT2D eigenvalue weighted by atomic mass is 9.94. The predicted molar refractivity (Wildman–Crippen MR) is 58.5 cm³/mol. The van der Waals surface area contributed by atoms with Crippen molar-refractivity contribution in [2.24, 2.45) is 11.1 Å². The number of aliphatic hydroxyl groups excluding tert-OH is 1. The number of hydrogen-bond acceptors (Lipinski definition) is 3. The van der Waals surface area contributed by atoms with Crippen molar-refractivity contribution in [3.8, 4) is 0 Å². The quantitative estimate of drug-likeness (QED) is 0.803. The van der Waals surface area contributed by atoms with E-state index >= 15 is 0 Å². The number of benzene rings is 1. The highest BCUT2D eigenvalue weighted by atomic mass is 16.7. The maximum atomic E-state index is 9.50. The van der Waals surface area contributed by atoms with Gasteiger partial charge in [0.1, 0.15) is 0 Å². The smallest absolute Gasteiger partial charge is 0.227 e. The largest absolute Gasteiger partial charge is 0.363 e. The van der Waals surface area contributed by atoms with E-state index < -0.39 is 6.29 Å². The van der Waals surface area contributed by atoms with Crippen LogP contribution in [0.3, 0.4) is 0 Å². The molecule has 1 aromatic carbocycles. The van der Waals surface area contributed by atoms with Crippen LogP contribution in [-0.4, -0.2) is 17.1 Å². The predicted octanol–water partition coefficient (Wildman–Crippen LogP) is 2.16. The van der Waals surface area contributed by atoms with Crippen molar-refractivity contribution in [3.63, 3.8) is 0 Å². The Morgan fingerprint density at radius 3 is 2.80 bits per heavy atom. The van der Waals surface area contributed by atoms with Gasteiger partial charge in [-0.3, -0.25) is 0 Å². The van der Waals surface area contributed by atoms with E-state index in [0.717, 1.165) is 24.1 Å². The molecule has 3 nitrogen and oxygen atoms in total. The molecule has 0 bridgehead atoms. The zero-order valence-electron chi connectivity index (χ0n) is 8.76. The van der Waals surface area contributed by atoms with Gasteiger partial charge < -0.3 is 9.94 Å². The first-order chi connectivity index (χ1) is 7.31. The monoisotopic (exact) mass is 205 g/mol. The van der Waals surface area contributed by atoms with Gasteiger partial charge in [0.25, 0.3) is 0 Å². The molecule has 3 heteroatoms. The molecule has 1 aliphatic heterocycles. The van der Waals surface area contributed by atoms with Crippen LogP contribution in [0.15, 0.2) is 35.5 Å². The highest BCUT2D eigenvalue weighted by molar-refractivity contribution is 6.00. The van der Waals surface area contributed by atoms with Crippen LogP contribution in [0.25, 0.3) is 0 Å². The summed E-state index contributed by atoms with van der Waals surface area (Å²) in [6.45, 7) is 2.05. The summed E-state index contributed by atoms with van der Waals surface area (Å²) < 4.78 is 0. The van der Waals surface area contributed by atoms with Crippen molar-refractivity contribution in [3.05, 3.63) is 35.9 Å². The molecule has 0 saturated carbocycles. The van der Waals surface area contributed by atoms with Gasteiger partial charge in [0.05, 0.1) is 5.71 Å². The molecule has 0 fully saturated rings. The third-order valence-electron chi connectivity index (χ3n) is 2.76. The Kier molecular flexibility index (Phi) is 3.02. The fourth-order valence-corrected chi connectivity index (χ4v) is 1.74. The van der Waals surface area contributed by atoms with E-state index in [0.29, 0.717) is 0 Å². The van der Waals surface area contributed by atoms with E-state index in [1.807, 2.05) is 37.3 Å². The first-order valence-corrected chi connectivity index (χ1v) is 5.27. The van der Waals surface area contributed by atoms with Gasteiger partial charge >= 0.3 is 0 Å². The van der Waals surface area contributed by atoms with Crippen LogP contribution in [0.5, 0.6) is 0 Å². The van der Waals surface area contributed by atoms with E-state index in [4.69, 9.17) is 4.84 Å². The summed E-state index contributed by atoms with van der Waals surface area (Å²) in [5.41, 5.74) is 2.00. The molecule has 0 saturated heterocycles. The molecule has 1 N–H and O–H groups in total. The standard InChI is InChI=1S/C12H15NO2/c1-2-9-8-11(13-15-12(9)14)10-6-4-3-5-7-10/h3-7,9,12,14H,2,8H2,1H3. The van der Waals surface area contributed by atoms with Gasteiger partial charge in [-0.2, -0.15) is 0 Å². The minimum atomic E-state index is -0.748. The minimum absolute atomic E-state index is 0.151. The lowest BCUT2D eigenvalue weighted by molar-refractivity contribution is -0.140. The van der Waals surface area contributed by atoms with E-state index in [2.05, 4.69) is 5.16 Å². The Labute approximate surface area is 89.4 Å². The van der Waals surface area contributed by atoms with E-state index in [1.54, 1.807) is 0 Å². The summed E-state index contributed by atoms with van der Waals surface area (Å²) in [5.74, 6) is 0.151. The van der Waals surface area contributed by atoms with Gasteiger partial charge in [-0.1, -0.05) is 42.4 Å². The Hall–Kier alpha value is -1.35. The average molecular weight is 205 g/mol. The third kappa shape index (κ3) is 2.18. The molecule has 0 aromatic heterocycles. The van der Waals surface area contributed by atoms with Crippen LogP contribution < -0.4 is 0 Å². The molecule has 15 heavy (non-hydrogen) atoms. The molecular weight excluding hydrogens is 190 g/mol. The topological polar surface area (TPSA) is 41.8 Å². The molecule has 1 aromatic rings. The summed E-state index contributed by atoms with van der Waals surface area (Å²) in [7, 11) is 0. The van der Waals surface area contributed by atoms with Gasteiger partial charge in [0.15, 0.2) is 0 Å². The number of rotatable bonds is 2. The normalized spacial score (nSPS) is 25.6. The van der Waals surface area contributed by atoms with Gasteiger partial charge in [-0.15, -0.1) is 0 Å². The number of nitrogens with zero attached hydrogens (tertiary/aromatic N) is 1. The maximum absolute atomic E-state index is 9.50. The number of aliphatic hydroxyl groups is 1. The van der Waals surface area contributed by atoms with Gasteiger partial charge in [-0.25, -0.2) is 0 Å². The van der Waals surface area contributed by atoms with Crippen LogP contribution in [0, 0.1) is 5.92 Å². The Balaban J connectivity index is 2.18. The number of oxime groups is 1. The van der Waals surface area contributed by atoms with Crippen LogP contribution in [0.2, 0.25) is 0 Å². The SMILES string of the molecule is CCC1CC(c2ccccc2)=NOC1O. The second kappa shape index (κ2) is 4.45. The average Bonchev–Trinajstić information content (AvgIpc) is 2.31. The van der Waals surface area contributed by atoms with E-state index in [1.165, 1.54) is 0 Å². The van der Waals surface area contributed by atoms with Crippen molar-refractivity contribution in [2.45, 2.75) is 26.1 Å². The van der Waals surface area contributed by atoms with E-state index in [-0.39, 0.29) is 5.92 Å². The summed E-state index contributed by atoms with van der Waals surface area (Å²) >= 11 is 0. The van der Waals surface area contributed by atoms with E-state index in [9.17, 15) is 5.11 Å². The molecule has 2 unspecified atom stereocenters. The van der Waals surface area contributed by atoms with Gasteiger partial charge in [-0.05, 0) is 12.0 Å². The number of hydrogen-bond donors (Lipinski definition) is 1. The fraction of sp³-hybridized carbons (Fsp3) is 0.417. The highest BCUT2D eigenvalue weighted by Crippen LogP contribution is 2.23. The summed E-state index contributed by atoms with van der Waals surface area (Å²) in [6, 6.07) is 9.94. The molecule has 0 amide bonds. The zero-order valence-corrected chi connectivity index (χ0v) is 8.76. The zero-order chi connectivity index (χ0) is 10.7.